The molecule has 0 amide bonds. The fourth-order valence-corrected chi connectivity index (χ4v) is 2.70. The molecule has 100 valence electrons. The quantitative estimate of drug-likeness (QED) is 0.863. The molecule has 5 heteroatoms. The van der Waals surface area contributed by atoms with Gasteiger partial charge in [-0.1, -0.05) is 29.8 Å². The lowest BCUT2D eigenvalue weighted by atomic mass is 9.62. The van der Waals surface area contributed by atoms with Crippen LogP contribution in [0.3, 0.4) is 0 Å². The zero-order valence-corrected chi connectivity index (χ0v) is 11.9. The van der Waals surface area contributed by atoms with E-state index in [0.717, 1.165) is 12.5 Å². The minimum Gasteiger partial charge on any atom is -0.487 e. The predicted octanol–water partition coefficient (Wildman–Crippen LogP) is 3.62. The summed E-state index contributed by atoms with van der Waals surface area (Å²) in [4.78, 5) is 0. The van der Waals surface area contributed by atoms with Crippen LogP contribution >= 0.6 is 15.9 Å². The number of nitrogens with two attached hydrogens (primary N) is 1. The maximum absolute atomic E-state index is 13.6. The molecule has 1 saturated carbocycles. The lowest BCUT2D eigenvalue weighted by Gasteiger charge is -2.51. The first-order valence-corrected chi connectivity index (χ1v) is 6.74. The van der Waals surface area contributed by atoms with Crippen LogP contribution in [0, 0.1) is 17.0 Å². The smallest absolute Gasteiger partial charge is 0.200 e. The minimum atomic E-state index is -0.947. The van der Waals surface area contributed by atoms with Crippen molar-refractivity contribution in [1.29, 1.82) is 0 Å². The summed E-state index contributed by atoms with van der Waals surface area (Å²) in [6.45, 7) is 4.03. The van der Waals surface area contributed by atoms with Gasteiger partial charge in [0.1, 0.15) is 6.10 Å². The summed E-state index contributed by atoms with van der Waals surface area (Å²) in [5.41, 5.74) is 5.78. The van der Waals surface area contributed by atoms with E-state index in [1.54, 1.807) is 0 Å². The van der Waals surface area contributed by atoms with Crippen molar-refractivity contribution in [2.75, 3.05) is 0 Å². The molecule has 0 bridgehead atoms. The Kier molecular flexibility index (Phi) is 3.65. The van der Waals surface area contributed by atoms with Crippen LogP contribution in [0.2, 0.25) is 0 Å². The Labute approximate surface area is 114 Å². The standard InChI is InChI=1S/C13H16BrF2NO/c1-3-13(2)10(17)6-11(13)18-9-5-7(14)4-8(15)12(9)16/h4-5,10-11H,3,6,17H2,1-2H3. The molecule has 3 atom stereocenters. The van der Waals surface area contributed by atoms with Crippen LogP contribution in [0.1, 0.15) is 26.7 Å². The second-order valence-corrected chi connectivity index (χ2v) is 5.92. The maximum Gasteiger partial charge on any atom is 0.200 e. The molecule has 1 aliphatic rings. The molecular formula is C13H16BrF2NO. The van der Waals surface area contributed by atoms with Gasteiger partial charge in [0.05, 0.1) is 0 Å². The molecule has 2 rings (SSSR count). The first-order valence-electron chi connectivity index (χ1n) is 5.95. The Morgan fingerprint density at radius 1 is 1.50 bits per heavy atom. The molecule has 1 aliphatic carbocycles. The van der Waals surface area contributed by atoms with Crippen molar-refractivity contribution in [2.24, 2.45) is 11.1 Å². The van der Waals surface area contributed by atoms with E-state index in [-0.39, 0.29) is 23.3 Å². The van der Waals surface area contributed by atoms with Gasteiger partial charge >= 0.3 is 0 Å². The Bertz CT molecular complexity index is 469. The molecular weight excluding hydrogens is 304 g/mol. The molecule has 2 nitrogen and oxygen atoms in total. The van der Waals surface area contributed by atoms with Gasteiger partial charge in [-0.3, -0.25) is 0 Å². The van der Waals surface area contributed by atoms with Crippen LogP contribution in [0.4, 0.5) is 8.78 Å². The topological polar surface area (TPSA) is 35.2 Å². The number of rotatable bonds is 3. The van der Waals surface area contributed by atoms with Gasteiger partial charge in [0, 0.05) is 22.4 Å². The second kappa shape index (κ2) is 4.78. The maximum atomic E-state index is 13.6. The summed E-state index contributed by atoms with van der Waals surface area (Å²) in [5, 5.41) is 0. The molecule has 3 unspecified atom stereocenters. The van der Waals surface area contributed by atoms with E-state index in [1.165, 1.54) is 6.07 Å². The summed E-state index contributed by atoms with van der Waals surface area (Å²) in [6.07, 6.45) is 1.34. The summed E-state index contributed by atoms with van der Waals surface area (Å²) in [7, 11) is 0. The van der Waals surface area contributed by atoms with Gasteiger partial charge in [0.15, 0.2) is 11.6 Å². The van der Waals surface area contributed by atoms with Crippen molar-refractivity contribution in [3.63, 3.8) is 0 Å². The Hall–Kier alpha value is -0.680. The average molecular weight is 320 g/mol. The van der Waals surface area contributed by atoms with Crippen molar-refractivity contribution in [1.82, 2.24) is 0 Å². The van der Waals surface area contributed by atoms with Crippen molar-refractivity contribution in [3.8, 4) is 5.75 Å². The third-order valence-corrected chi connectivity index (χ3v) is 4.50. The van der Waals surface area contributed by atoms with E-state index in [2.05, 4.69) is 15.9 Å². The molecule has 0 aliphatic heterocycles. The van der Waals surface area contributed by atoms with Gasteiger partial charge in [-0.15, -0.1) is 0 Å². The minimum absolute atomic E-state index is 0.0487. The van der Waals surface area contributed by atoms with Gasteiger partial charge in [-0.2, -0.15) is 4.39 Å². The van der Waals surface area contributed by atoms with E-state index in [1.807, 2.05) is 13.8 Å². The number of ether oxygens (including phenoxy) is 1. The van der Waals surface area contributed by atoms with E-state index < -0.39 is 11.6 Å². The van der Waals surface area contributed by atoms with Crippen molar-refractivity contribution in [2.45, 2.75) is 38.8 Å². The summed E-state index contributed by atoms with van der Waals surface area (Å²) >= 11 is 3.12. The predicted molar refractivity (Wildman–Crippen MR) is 69.5 cm³/mol. The first-order chi connectivity index (χ1) is 8.38. The second-order valence-electron chi connectivity index (χ2n) is 5.01. The van der Waals surface area contributed by atoms with Crippen LogP contribution in [-0.2, 0) is 0 Å². The third kappa shape index (κ3) is 2.14. The fraction of sp³-hybridized carbons (Fsp3) is 0.538. The van der Waals surface area contributed by atoms with E-state index in [9.17, 15) is 8.78 Å². The number of hydrogen-bond acceptors (Lipinski definition) is 2. The third-order valence-electron chi connectivity index (χ3n) is 4.04. The molecule has 0 saturated heterocycles. The summed E-state index contributed by atoms with van der Waals surface area (Å²) in [5.74, 6) is -1.92. The molecule has 0 radical (unpaired) electrons. The summed E-state index contributed by atoms with van der Waals surface area (Å²) in [6, 6.07) is 2.57. The lowest BCUT2D eigenvalue weighted by Crippen LogP contribution is -2.61. The van der Waals surface area contributed by atoms with E-state index in [4.69, 9.17) is 10.5 Å². The van der Waals surface area contributed by atoms with Crippen LogP contribution in [-0.4, -0.2) is 12.1 Å². The monoisotopic (exact) mass is 319 g/mol. The van der Waals surface area contributed by atoms with Gasteiger partial charge in [0.2, 0.25) is 5.82 Å². The largest absolute Gasteiger partial charge is 0.487 e. The molecule has 18 heavy (non-hydrogen) atoms. The van der Waals surface area contributed by atoms with Crippen molar-refractivity contribution >= 4 is 15.9 Å². The van der Waals surface area contributed by atoms with Crippen molar-refractivity contribution in [3.05, 3.63) is 28.2 Å². The molecule has 2 N–H and O–H groups in total. The Morgan fingerprint density at radius 2 is 2.17 bits per heavy atom. The van der Waals surface area contributed by atoms with Crippen LogP contribution in [0.15, 0.2) is 16.6 Å². The summed E-state index contributed by atoms with van der Waals surface area (Å²) < 4.78 is 32.9. The number of hydrogen-bond donors (Lipinski definition) is 1. The molecule has 0 heterocycles. The first kappa shape index (κ1) is 13.7. The molecule has 0 aromatic heterocycles. The normalized spacial score (nSPS) is 31.0. The number of halogens is 3. The van der Waals surface area contributed by atoms with E-state index >= 15 is 0 Å². The zero-order valence-electron chi connectivity index (χ0n) is 10.3. The van der Waals surface area contributed by atoms with Crippen LogP contribution in [0.25, 0.3) is 0 Å². The zero-order chi connectivity index (χ0) is 13.5. The highest BCUT2D eigenvalue weighted by molar-refractivity contribution is 9.10. The van der Waals surface area contributed by atoms with Gasteiger partial charge in [0.25, 0.3) is 0 Å². The number of benzene rings is 1. The average Bonchev–Trinajstić information content (AvgIpc) is 2.33. The molecule has 0 spiro atoms. The van der Waals surface area contributed by atoms with E-state index in [0.29, 0.717) is 10.9 Å². The van der Waals surface area contributed by atoms with Gasteiger partial charge in [-0.05, 0) is 18.6 Å². The fourth-order valence-electron chi connectivity index (χ4n) is 2.29. The van der Waals surface area contributed by atoms with Crippen LogP contribution < -0.4 is 10.5 Å². The van der Waals surface area contributed by atoms with Crippen molar-refractivity contribution < 1.29 is 13.5 Å². The molecule has 1 aromatic carbocycles. The highest BCUT2D eigenvalue weighted by Crippen LogP contribution is 2.45. The SMILES string of the molecule is CCC1(C)C(N)CC1Oc1cc(Br)cc(F)c1F. The Morgan fingerprint density at radius 3 is 2.72 bits per heavy atom. The highest BCUT2D eigenvalue weighted by Gasteiger charge is 2.50. The van der Waals surface area contributed by atoms with Crippen LogP contribution in [0.5, 0.6) is 5.75 Å². The van der Waals surface area contributed by atoms with Gasteiger partial charge < -0.3 is 10.5 Å². The van der Waals surface area contributed by atoms with Gasteiger partial charge in [-0.25, -0.2) is 4.39 Å². The molecule has 1 fully saturated rings. The lowest BCUT2D eigenvalue weighted by molar-refractivity contribution is -0.0580. The molecule has 1 aromatic rings. The Balaban J connectivity index is 2.21. The highest BCUT2D eigenvalue weighted by atomic mass is 79.9.